The molecule has 0 aromatic carbocycles. The maximum Gasteiger partial charge on any atom is 0.223 e. The molecule has 0 heterocycles. The van der Waals surface area contributed by atoms with E-state index in [9.17, 15) is 9.90 Å². The lowest BCUT2D eigenvalue weighted by molar-refractivity contribution is -0.126. The Morgan fingerprint density at radius 1 is 1.31 bits per heavy atom. The minimum absolute atomic E-state index is 0.0354. The lowest BCUT2D eigenvalue weighted by Crippen LogP contribution is -2.41. The van der Waals surface area contributed by atoms with Crippen molar-refractivity contribution in [1.29, 1.82) is 0 Å². The number of hydrogen-bond donors (Lipinski definition) is 2. The molecule has 3 heteroatoms. The highest BCUT2D eigenvalue weighted by molar-refractivity contribution is 5.78. The number of amides is 1. The predicted molar refractivity (Wildman–Crippen MR) is 65.0 cm³/mol. The van der Waals surface area contributed by atoms with E-state index in [2.05, 4.69) is 19.2 Å². The van der Waals surface area contributed by atoms with Gasteiger partial charge in [-0.15, -0.1) is 0 Å². The molecule has 3 nitrogen and oxygen atoms in total. The van der Waals surface area contributed by atoms with Gasteiger partial charge in [-0.25, -0.2) is 0 Å². The highest BCUT2D eigenvalue weighted by atomic mass is 16.3. The second-order valence-corrected chi connectivity index (χ2v) is 5.62. The number of carbonyl (C=O) groups excluding carboxylic acids is 1. The molecule has 1 aliphatic carbocycles. The maximum atomic E-state index is 11.8. The van der Waals surface area contributed by atoms with E-state index in [0.717, 1.165) is 12.8 Å². The van der Waals surface area contributed by atoms with Crippen LogP contribution in [0.4, 0.5) is 0 Å². The minimum atomic E-state index is -0.0354. The molecule has 1 atom stereocenters. The third kappa shape index (κ3) is 3.21. The number of hydrogen-bond acceptors (Lipinski definition) is 2. The van der Waals surface area contributed by atoms with Crippen molar-refractivity contribution >= 4 is 5.91 Å². The third-order valence-corrected chi connectivity index (χ3v) is 4.05. The molecule has 1 aliphatic rings. The van der Waals surface area contributed by atoms with Crippen molar-refractivity contribution in [3.63, 3.8) is 0 Å². The van der Waals surface area contributed by atoms with Crippen LogP contribution < -0.4 is 5.32 Å². The SMILES string of the molecule is CC(C)C(C)C(=O)NCC1(CO)CCCC1. The van der Waals surface area contributed by atoms with Crippen LogP contribution in [0.2, 0.25) is 0 Å². The van der Waals surface area contributed by atoms with Gasteiger partial charge in [0.1, 0.15) is 0 Å². The quantitative estimate of drug-likeness (QED) is 0.754. The van der Waals surface area contributed by atoms with Gasteiger partial charge in [0.05, 0.1) is 6.61 Å². The molecule has 0 spiro atoms. The summed E-state index contributed by atoms with van der Waals surface area (Å²) < 4.78 is 0. The molecule has 0 aromatic heterocycles. The minimum Gasteiger partial charge on any atom is -0.396 e. The number of nitrogens with one attached hydrogen (secondary N) is 1. The van der Waals surface area contributed by atoms with Gasteiger partial charge in [0, 0.05) is 17.9 Å². The molecule has 2 N–H and O–H groups in total. The zero-order valence-corrected chi connectivity index (χ0v) is 10.8. The number of carbonyl (C=O) groups is 1. The fourth-order valence-corrected chi connectivity index (χ4v) is 2.25. The second kappa shape index (κ2) is 5.67. The standard InChI is InChI=1S/C13H25NO2/c1-10(2)11(3)12(16)14-8-13(9-15)6-4-5-7-13/h10-11,15H,4-9H2,1-3H3,(H,14,16). The molecule has 0 aromatic rings. The Morgan fingerprint density at radius 3 is 2.31 bits per heavy atom. The molecular weight excluding hydrogens is 202 g/mol. The zero-order chi connectivity index (χ0) is 12.2. The van der Waals surface area contributed by atoms with E-state index in [4.69, 9.17) is 0 Å². The molecule has 1 saturated carbocycles. The van der Waals surface area contributed by atoms with Crippen molar-refractivity contribution in [1.82, 2.24) is 5.32 Å². The molecule has 94 valence electrons. The molecule has 1 rings (SSSR count). The van der Waals surface area contributed by atoms with E-state index in [1.54, 1.807) is 0 Å². The Kier molecular flexibility index (Phi) is 4.78. The van der Waals surface area contributed by atoms with E-state index in [0.29, 0.717) is 12.5 Å². The topological polar surface area (TPSA) is 49.3 Å². The summed E-state index contributed by atoms with van der Waals surface area (Å²) in [5.74, 6) is 0.542. The maximum absolute atomic E-state index is 11.8. The van der Waals surface area contributed by atoms with Crippen molar-refractivity contribution in [2.24, 2.45) is 17.3 Å². The first-order valence-electron chi connectivity index (χ1n) is 6.39. The van der Waals surface area contributed by atoms with Gasteiger partial charge in [-0.3, -0.25) is 4.79 Å². The highest BCUT2D eigenvalue weighted by Gasteiger charge is 2.33. The molecule has 1 fully saturated rings. The van der Waals surface area contributed by atoms with Gasteiger partial charge in [-0.2, -0.15) is 0 Å². The number of rotatable bonds is 5. The van der Waals surface area contributed by atoms with E-state index >= 15 is 0 Å². The van der Waals surface area contributed by atoms with Gasteiger partial charge in [0.25, 0.3) is 0 Å². The van der Waals surface area contributed by atoms with Crippen LogP contribution >= 0.6 is 0 Å². The van der Waals surface area contributed by atoms with Gasteiger partial charge >= 0.3 is 0 Å². The van der Waals surface area contributed by atoms with Gasteiger partial charge in [0.2, 0.25) is 5.91 Å². The summed E-state index contributed by atoms with van der Waals surface area (Å²) in [6.45, 7) is 6.91. The van der Waals surface area contributed by atoms with Crippen LogP contribution in [0.3, 0.4) is 0 Å². The van der Waals surface area contributed by atoms with Crippen LogP contribution in [0.1, 0.15) is 46.5 Å². The summed E-state index contributed by atoms with van der Waals surface area (Å²) in [6, 6.07) is 0. The summed E-state index contributed by atoms with van der Waals surface area (Å²) in [4.78, 5) is 11.8. The molecule has 1 amide bonds. The van der Waals surface area contributed by atoms with Gasteiger partial charge in [-0.05, 0) is 18.8 Å². The van der Waals surface area contributed by atoms with Gasteiger partial charge in [-0.1, -0.05) is 33.6 Å². The van der Waals surface area contributed by atoms with Crippen LogP contribution in [0.25, 0.3) is 0 Å². The van der Waals surface area contributed by atoms with Crippen LogP contribution in [-0.2, 0) is 4.79 Å². The molecule has 16 heavy (non-hydrogen) atoms. The molecular formula is C13H25NO2. The van der Waals surface area contributed by atoms with Crippen molar-refractivity contribution in [2.75, 3.05) is 13.2 Å². The first kappa shape index (κ1) is 13.5. The lowest BCUT2D eigenvalue weighted by Gasteiger charge is -2.27. The Labute approximate surface area is 98.6 Å². The molecule has 0 aliphatic heterocycles. The average molecular weight is 227 g/mol. The van der Waals surface area contributed by atoms with Crippen LogP contribution in [-0.4, -0.2) is 24.2 Å². The summed E-state index contributed by atoms with van der Waals surface area (Å²) >= 11 is 0. The lowest BCUT2D eigenvalue weighted by atomic mass is 9.87. The Bertz CT molecular complexity index is 232. The van der Waals surface area contributed by atoms with E-state index in [1.165, 1.54) is 12.8 Å². The van der Waals surface area contributed by atoms with Crippen LogP contribution in [0.15, 0.2) is 0 Å². The third-order valence-electron chi connectivity index (χ3n) is 4.05. The monoisotopic (exact) mass is 227 g/mol. The first-order chi connectivity index (χ1) is 7.51. The van der Waals surface area contributed by atoms with E-state index < -0.39 is 0 Å². The molecule has 0 saturated heterocycles. The van der Waals surface area contributed by atoms with E-state index in [-0.39, 0.29) is 23.8 Å². The average Bonchev–Trinajstić information content (AvgIpc) is 2.74. The number of aliphatic hydroxyl groups is 1. The van der Waals surface area contributed by atoms with Crippen LogP contribution in [0, 0.1) is 17.3 Å². The highest BCUT2D eigenvalue weighted by Crippen LogP contribution is 2.36. The molecule has 0 bridgehead atoms. The van der Waals surface area contributed by atoms with Gasteiger partial charge in [0.15, 0.2) is 0 Å². The first-order valence-corrected chi connectivity index (χ1v) is 6.39. The second-order valence-electron chi connectivity index (χ2n) is 5.62. The molecule has 1 unspecified atom stereocenters. The Morgan fingerprint density at radius 2 is 1.88 bits per heavy atom. The summed E-state index contributed by atoms with van der Waals surface area (Å²) in [7, 11) is 0. The Hall–Kier alpha value is -0.570. The van der Waals surface area contributed by atoms with Crippen molar-refractivity contribution in [3.8, 4) is 0 Å². The van der Waals surface area contributed by atoms with E-state index in [1.807, 2.05) is 6.92 Å². The number of aliphatic hydroxyl groups excluding tert-OH is 1. The smallest absolute Gasteiger partial charge is 0.223 e. The largest absolute Gasteiger partial charge is 0.396 e. The van der Waals surface area contributed by atoms with Crippen molar-refractivity contribution < 1.29 is 9.90 Å². The van der Waals surface area contributed by atoms with Gasteiger partial charge < -0.3 is 10.4 Å². The predicted octanol–water partition coefficient (Wildman–Crippen LogP) is 1.95. The van der Waals surface area contributed by atoms with Crippen molar-refractivity contribution in [2.45, 2.75) is 46.5 Å². The Balaban J connectivity index is 2.41. The zero-order valence-electron chi connectivity index (χ0n) is 10.8. The summed E-state index contributed by atoms with van der Waals surface area (Å²) in [5, 5.41) is 12.4. The molecule has 0 radical (unpaired) electrons. The van der Waals surface area contributed by atoms with Crippen molar-refractivity contribution in [3.05, 3.63) is 0 Å². The fraction of sp³-hybridized carbons (Fsp3) is 0.923. The van der Waals surface area contributed by atoms with Crippen LogP contribution in [0.5, 0.6) is 0 Å². The summed E-state index contributed by atoms with van der Waals surface area (Å²) in [5.41, 5.74) is -0.0354. The fourth-order valence-electron chi connectivity index (χ4n) is 2.25. The normalized spacial score (nSPS) is 21.1. The summed E-state index contributed by atoms with van der Waals surface area (Å²) in [6.07, 6.45) is 4.44.